The summed E-state index contributed by atoms with van der Waals surface area (Å²) in [6.07, 6.45) is 5.35. The van der Waals surface area contributed by atoms with E-state index in [2.05, 4.69) is 0 Å². The minimum absolute atomic E-state index is 0.0111. The fourth-order valence-electron chi connectivity index (χ4n) is 4.68. The van der Waals surface area contributed by atoms with Gasteiger partial charge in [0, 0.05) is 30.8 Å². The Balaban J connectivity index is 1.59. The van der Waals surface area contributed by atoms with E-state index in [1.807, 2.05) is 18.2 Å². The Morgan fingerprint density at radius 3 is 2.31 bits per heavy atom. The van der Waals surface area contributed by atoms with E-state index in [0.29, 0.717) is 17.7 Å². The number of ether oxygens (including phenoxy) is 1. The third kappa shape index (κ3) is 4.04. The first-order chi connectivity index (χ1) is 15.3. The van der Waals surface area contributed by atoms with Gasteiger partial charge in [-0.1, -0.05) is 37.5 Å². The summed E-state index contributed by atoms with van der Waals surface area (Å²) in [6, 6.07) is 12.6. The van der Waals surface area contributed by atoms with Gasteiger partial charge >= 0.3 is 5.97 Å². The van der Waals surface area contributed by atoms with Crippen molar-refractivity contribution < 1.29 is 22.7 Å². The number of rotatable bonds is 5. The van der Waals surface area contributed by atoms with Crippen molar-refractivity contribution in [1.29, 1.82) is 0 Å². The van der Waals surface area contributed by atoms with Gasteiger partial charge in [-0.15, -0.1) is 0 Å². The van der Waals surface area contributed by atoms with E-state index in [-0.39, 0.29) is 16.8 Å². The molecule has 0 bridgehead atoms. The van der Waals surface area contributed by atoms with Crippen molar-refractivity contribution in [1.82, 2.24) is 4.31 Å². The lowest BCUT2D eigenvalue weighted by Gasteiger charge is -2.30. The minimum atomic E-state index is -3.64. The van der Waals surface area contributed by atoms with Gasteiger partial charge in [0.15, 0.2) is 0 Å². The quantitative estimate of drug-likeness (QED) is 0.644. The van der Waals surface area contributed by atoms with Crippen molar-refractivity contribution >= 4 is 27.6 Å². The number of para-hydroxylation sites is 1. The Hall–Kier alpha value is -2.71. The second-order valence-corrected chi connectivity index (χ2v) is 10.4. The summed E-state index contributed by atoms with van der Waals surface area (Å²) in [5, 5.41) is 0. The zero-order valence-corrected chi connectivity index (χ0v) is 19.2. The van der Waals surface area contributed by atoms with Crippen LogP contribution in [0.15, 0.2) is 53.4 Å². The summed E-state index contributed by atoms with van der Waals surface area (Å²) in [4.78, 5) is 27.3. The predicted molar refractivity (Wildman–Crippen MR) is 121 cm³/mol. The lowest BCUT2D eigenvalue weighted by molar-refractivity contribution is -0.141. The van der Waals surface area contributed by atoms with Gasteiger partial charge < -0.3 is 4.74 Å². The van der Waals surface area contributed by atoms with Crippen LogP contribution >= 0.6 is 0 Å². The van der Waals surface area contributed by atoms with Gasteiger partial charge in [-0.2, -0.15) is 4.31 Å². The number of esters is 1. The summed E-state index contributed by atoms with van der Waals surface area (Å²) in [7, 11) is -0.709. The van der Waals surface area contributed by atoms with E-state index in [9.17, 15) is 18.0 Å². The van der Waals surface area contributed by atoms with Gasteiger partial charge in [-0.05, 0) is 48.7 Å². The molecule has 2 aromatic rings. The fourth-order valence-corrected chi connectivity index (χ4v) is 6.09. The molecule has 0 aromatic heterocycles. The van der Waals surface area contributed by atoms with E-state index in [4.69, 9.17) is 4.74 Å². The van der Waals surface area contributed by atoms with Crippen LogP contribution in [0.3, 0.4) is 0 Å². The van der Waals surface area contributed by atoms with Crippen LogP contribution < -0.4 is 4.90 Å². The van der Waals surface area contributed by atoms with E-state index in [1.165, 1.54) is 40.6 Å². The third-order valence-corrected chi connectivity index (χ3v) is 8.46. The molecule has 1 saturated carbocycles. The van der Waals surface area contributed by atoms with E-state index < -0.39 is 22.0 Å². The molecule has 1 unspecified atom stereocenters. The zero-order chi connectivity index (χ0) is 22.9. The fraction of sp³-hybridized carbons (Fsp3) is 0.417. The van der Waals surface area contributed by atoms with Crippen LogP contribution in [0.1, 0.15) is 48.0 Å². The number of nitrogens with zero attached hydrogens (tertiary/aromatic N) is 2. The highest BCUT2D eigenvalue weighted by atomic mass is 32.2. The molecule has 1 amide bonds. The van der Waals surface area contributed by atoms with Crippen LogP contribution in [0.2, 0.25) is 0 Å². The van der Waals surface area contributed by atoms with Crippen LogP contribution in [0.5, 0.6) is 0 Å². The number of hydrogen-bond acceptors (Lipinski definition) is 5. The maximum absolute atomic E-state index is 13.3. The molecule has 1 aliphatic heterocycles. The molecule has 4 rings (SSSR count). The van der Waals surface area contributed by atoms with E-state index in [0.717, 1.165) is 37.7 Å². The smallest absolute Gasteiger partial charge is 0.329 e. The number of hydrogen-bond donors (Lipinski definition) is 0. The Bertz CT molecular complexity index is 1110. The molecule has 1 heterocycles. The average Bonchev–Trinajstić information content (AvgIpc) is 3.22. The standard InChI is InChI=1S/C24H28N2O5S/c1-25(19-9-4-3-5-10-19)32(29,30)20-14-12-17(13-15-20)23(27)26-21-11-7-6-8-18(21)16-22(26)24(28)31-2/h6-8,11-15,19,22H,3-5,9-10,16H2,1-2H3. The summed E-state index contributed by atoms with van der Waals surface area (Å²) in [5.41, 5.74) is 1.88. The summed E-state index contributed by atoms with van der Waals surface area (Å²) < 4.78 is 32.5. The number of fused-ring (bicyclic) bond motifs is 1. The van der Waals surface area contributed by atoms with E-state index in [1.54, 1.807) is 13.1 Å². The molecular weight excluding hydrogens is 428 g/mol. The first kappa shape index (κ1) is 22.5. The molecule has 0 saturated heterocycles. The van der Waals surface area contributed by atoms with Crippen molar-refractivity contribution in [2.45, 2.75) is 55.5 Å². The van der Waals surface area contributed by atoms with Crippen LogP contribution in [-0.4, -0.2) is 50.8 Å². The molecule has 1 atom stereocenters. The Kier molecular flexibility index (Phi) is 6.35. The largest absolute Gasteiger partial charge is 0.467 e. The van der Waals surface area contributed by atoms with Crippen LogP contribution in [0.4, 0.5) is 5.69 Å². The monoisotopic (exact) mass is 456 g/mol. The number of carbonyl (C=O) groups excluding carboxylic acids is 2. The molecular formula is C24H28N2O5S. The summed E-state index contributed by atoms with van der Waals surface area (Å²) >= 11 is 0. The topological polar surface area (TPSA) is 84.0 Å². The van der Waals surface area contributed by atoms with Crippen LogP contribution in [-0.2, 0) is 26.0 Å². The molecule has 32 heavy (non-hydrogen) atoms. The highest BCUT2D eigenvalue weighted by Crippen LogP contribution is 2.34. The van der Waals surface area contributed by atoms with Crippen molar-refractivity contribution in [3.05, 3.63) is 59.7 Å². The Labute approximate surface area is 189 Å². The van der Waals surface area contributed by atoms with Gasteiger partial charge in [0.25, 0.3) is 5.91 Å². The number of methoxy groups -OCH3 is 1. The third-order valence-electron chi connectivity index (χ3n) is 6.54. The lowest BCUT2D eigenvalue weighted by Crippen LogP contribution is -2.43. The molecule has 1 aliphatic carbocycles. The first-order valence-electron chi connectivity index (χ1n) is 10.9. The number of anilines is 1. The van der Waals surface area contributed by atoms with Crippen molar-refractivity contribution in [2.24, 2.45) is 0 Å². The molecule has 1 fully saturated rings. The maximum Gasteiger partial charge on any atom is 0.329 e. The lowest BCUT2D eigenvalue weighted by atomic mass is 9.96. The van der Waals surface area contributed by atoms with Gasteiger partial charge in [0.2, 0.25) is 10.0 Å². The number of amides is 1. The van der Waals surface area contributed by atoms with Gasteiger partial charge in [-0.25, -0.2) is 13.2 Å². The van der Waals surface area contributed by atoms with Crippen LogP contribution in [0.25, 0.3) is 0 Å². The number of benzene rings is 2. The first-order valence-corrected chi connectivity index (χ1v) is 12.4. The molecule has 8 heteroatoms. The Morgan fingerprint density at radius 2 is 1.66 bits per heavy atom. The van der Waals surface area contributed by atoms with Crippen LogP contribution in [0, 0.1) is 0 Å². The highest BCUT2D eigenvalue weighted by molar-refractivity contribution is 7.89. The molecule has 2 aromatic carbocycles. The molecule has 170 valence electrons. The minimum Gasteiger partial charge on any atom is -0.467 e. The average molecular weight is 457 g/mol. The number of sulfonamides is 1. The maximum atomic E-state index is 13.3. The molecule has 0 radical (unpaired) electrons. The van der Waals surface area contributed by atoms with Gasteiger partial charge in [0.05, 0.1) is 12.0 Å². The predicted octanol–water partition coefficient (Wildman–Crippen LogP) is 3.38. The SMILES string of the molecule is COC(=O)C1Cc2ccccc2N1C(=O)c1ccc(S(=O)(=O)N(C)C2CCCCC2)cc1. The highest BCUT2D eigenvalue weighted by Gasteiger charge is 2.39. The summed E-state index contributed by atoms with van der Waals surface area (Å²) in [5.74, 6) is -0.849. The summed E-state index contributed by atoms with van der Waals surface area (Å²) in [6.45, 7) is 0. The van der Waals surface area contributed by atoms with Crippen molar-refractivity contribution in [3.8, 4) is 0 Å². The van der Waals surface area contributed by atoms with Gasteiger partial charge in [0.1, 0.15) is 6.04 Å². The van der Waals surface area contributed by atoms with Crippen molar-refractivity contribution in [3.63, 3.8) is 0 Å². The number of carbonyl (C=O) groups is 2. The van der Waals surface area contributed by atoms with Gasteiger partial charge in [-0.3, -0.25) is 9.69 Å². The normalized spacial score (nSPS) is 19.1. The second kappa shape index (κ2) is 9.03. The Morgan fingerprint density at radius 1 is 1.00 bits per heavy atom. The zero-order valence-electron chi connectivity index (χ0n) is 18.4. The molecule has 0 spiro atoms. The molecule has 2 aliphatic rings. The molecule has 0 N–H and O–H groups in total. The molecule has 7 nitrogen and oxygen atoms in total. The van der Waals surface area contributed by atoms with Crippen molar-refractivity contribution in [2.75, 3.05) is 19.1 Å². The second-order valence-electron chi connectivity index (χ2n) is 8.38. The van der Waals surface area contributed by atoms with E-state index >= 15 is 0 Å².